The van der Waals surface area contributed by atoms with Crippen LogP contribution in [-0.4, -0.2) is 10.4 Å². The normalized spacial score (nSPS) is 13.8. The minimum absolute atomic E-state index is 0.937. The second-order valence-corrected chi connectivity index (χ2v) is 4.29. The number of nitrogens with zero attached hydrogens (tertiary/aromatic N) is 2. The van der Waals surface area contributed by atoms with E-state index in [4.69, 9.17) is 4.99 Å². The van der Waals surface area contributed by atoms with E-state index in [0.29, 0.717) is 0 Å². The van der Waals surface area contributed by atoms with Gasteiger partial charge in [-0.1, -0.05) is 18.2 Å². The number of aromatic nitrogens is 1. The molecule has 0 radical (unpaired) electrons. The molecule has 2 heterocycles. The van der Waals surface area contributed by atoms with Crippen molar-refractivity contribution in [2.45, 2.75) is 20.3 Å². The maximum atomic E-state index is 4.70. The van der Waals surface area contributed by atoms with E-state index in [-0.39, 0.29) is 0 Å². The zero-order chi connectivity index (χ0) is 11.1. The van der Waals surface area contributed by atoms with Crippen LogP contribution in [0, 0.1) is 13.8 Å². The number of hydrogen-bond acceptors (Lipinski definition) is 1. The Bertz CT molecular complexity index is 557. The Kier molecular flexibility index (Phi) is 1.96. The fourth-order valence-corrected chi connectivity index (χ4v) is 2.32. The highest BCUT2D eigenvalue weighted by Gasteiger charge is 2.17. The molecule has 0 amide bonds. The van der Waals surface area contributed by atoms with Gasteiger partial charge in [0, 0.05) is 17.8 Å². The van der Waals surface area contributed by atoms with Gasteiger partial charge in [0.15, 0.2) is 0 Å². The fraction of sp³-hybridized carbons (Fsp3) is 0.214. The maximum Gasteiger partial charge on any atom is 0.118 e. The Labute approximate surface area is 95.3 Å². The smallest absolute Gasteiger partial charge is 0.118 e. The molecular weight excluding hydrogens is 196 g/mol. The third-order valence-corrected chi connectivity index (χ3v) is 3.12. The molecule has 0 spiro atoms. The molecule has 80 valence electrons. The van der Waals surface area contributed by atoms with E-state index in [9.17, 15) is 0 Å². The monoisotopic (exact) mass is 210 g/mol. The highest BCUT2D eigenvalue weighted by molar-refractivity contribution is 5.94. The molecular formula is C14H14N2. The Morgan fingerprint density at radius 3 is 2.38 bits per heavy atom. The van der Waals surface area contributed by atoms with Gasteiger partial charge in [-0.15, -0.1) is 0 Å². The largest absolute Gasteiger partial charge is 0.306 e. The molecule has 16 heavy (non-hydrogen) atoms. The van der Waals surface area contributed by atoms with Gasteiger partial charge in [0.25, 0.3) is 0 Å². The summed E-state index contributed by atoms with van der Waals surface area (Å²) in [4.78, 5) is 4.70. The summed E-state index contributed by atoms with van der Waals surface area (Å²) in [6, 6.07) is 12.6. The molecule has 0 unspecified atom stereocenters. The molecule has 3 rings (SSSR count). The first-order valence-electron chi connectivity index (χ1n) is 5.56. The lowest BCUT2D eigenvalue weighted by molar-refractivity contribution is 1.00. The molecule has 1 aliphatic rings. The number of aryl methyl sites for hydroxylation is 2. The molecule has 0 atom stereocenters. The fourth-order valence-electron chi connectivity index (χ4n) is 2.32. The van der Waals surface area contributed by atoms with Crippen LogP contribution in [0.2, 0.25) is 0 Å². The van der Waals surface area contributed by atoms with Gasteiger partial charge in [0.1, 0.15) is 5.84 Å². The first kappa shape index (κ1) is 9.40. The van der Waals surface area contributed by atoms with Crippen LogP contribution >= 0.6 is 0 Å². The number of fused-ring (bicyclic) bond motifs is 1. The van der Waals surface area contributed by atoms with Crippen LogP contribution in [0.4, 0.5) is 5.69 Å². The minimum Gasteiger partial charge on any atom is -0.306 e. The summed E-state index contributed by atoms with van der Waals surface area (Å²) in [6.07, 6.45) is 0.937. The number of para-hydroxylation sites is 1. The number of hydrogen-bond donors (Lipinski definition) is 0. The van der Waals surface area contributed by atoms with Crippen molar-refractivity contribution in [3.8, 4) is 0 Å². The van der Waals surface area contributed by atoms with Crippen molar-refractivity contribution in [2.24, 2.45) is 4.99 Å². The Morgan fingerprint density at radius 2 is 1.69 bits per heavy atom. The average Bonchev–Trinajstić information content (AvgIpc) is 2.82. The van der Waals surface area contributed by atoms with Crippen molar-refractivity contribution in [3.05, 3.63) is 53.3 Å². The van der Waals surface area contributed by atoms with Gasteiger partial charge in [-0.3, -0.25) is 0 Å². The van der Waals surface area contributed by atoms with Gasteiger partial charge >= 0.3 is 0 Å². The Hall–Kier alpha value is -1.83. The van der Waals surface area contributed by atoms with Crippen molar-refractivity contribution < 1.29 is 0 Å². The Morgan fingerprint density at radius 1 is 1.00 bits per heavy atom. The van der Waals surface area contributed by atoms with Crippen LogP contribution < -0.4 is 0 Å². The van der Waals surface area contributed by atoms with E-state index >= 15 is 0 Å². The molecule has 0 saturated heterocycles. The standard InChI is InChI=1S/C14H14N2/c1-10-7-8-11(2)16(10)14-9-12-5-3-4-6-13(12)15-14/h3-8H,9H2,1-2H3. The predicted molar refractivity (Wildman–Crippen MR) is 66.5 cm³/mol. The summed E-state index contributed by atoms with van der Waals surface area (Å²) < 4.78 is 2.24. The predicted octanol–water partition coefficient (Wildman–Crippen LogP) is 3.24. The molecule has 1 aliphatic heterocycles. The highest BCUT2D eigenvalue weighted by Crippen LogP contribution is 2.27. The molecule has 1 aromatic carbocycles. The summed E-state index contributed by atoms with van der Waals surface area (Å²) >= 11 is 0. The first-order chi connectivity index (χ1) is 7.75. The average molecular weight is 210 g/mol. The Balaban J connectivity index is 2.08. The van der Waals surface area contributed by atoms with Crippen molar-refractivity contribution >= 4 is 11.5 Å². The second kappa shape index (κ2) is 3.34. The van der Waals surface area contributed by atoms with E-state index < -0.39 is 0 Å². The molecule has 1 aromatic heterocycles. The van der Waals surface area contributed by atoms with Gasteiger partial charge in [-0.05, 0) is 37.6 Å². The molecule has 2 aromatic rings. The molecule has 0 saturated carbocycles. The summed E-state index contributed by atoms with van der Waals surface area (Å²) in [6.45, 7) is 4.25. The van der Waals surface area contributed by atoms with Crippen LogP contribution in [0.5, 0.6) is 0 Å². The SMILES string of the molecule is Cc1ccc(C)n1C1=Nc2ccccc2C1. The summed E-state index contributed by atoms with van der Waals surface area (Å²) in [5.41, 5.74) is 4.95. The third kappa shape index (κ3) is 1.30. The first-order valence-corrected chi connectivity index (χ1v) is 5.56. The summed E-state index contributed by atoms with van der Waals surface area (Å²) in [7, 11) is 0. The van der Waals surface area contributed by atoms with Gasteiger partial charge in [-0.2, -0.15) is 0 Å². The molecule has 0 aliphatic carbocycles. The second-order valence-electron chi connectivity index (χ2n) is 4.29. The van der Waals surface area contributed by atoms with Crippen molar-refractivity contribution in [3.63, 3.8) is 0 Å². The van der Waals surface area contributed by atoms with E-state index in [1.54, 1.807) is 0 Å². The lowest BCUT2D eigenvalue weighted by Gasteiger charge is -2.07. The van der Waals surface area contributed by atoms with E-state index in [2.05, 4.69) is 48.7 Å². The number of benzene rings is 1. The minimum atomic E-state index is 0.937. The van der Waals surface area contributed by atoms with E-state index in [1.807, 2.05) is 6.07 Å². The zero-order valence-electron chi connectivity index (χ0n) is 9.57. The van der Waals surface area contributed by atoms with E-state index in [1.165, 1.54) is 17.0 Å². The van der Waals surface area contributed by atoms with Crippen LogP contribution in [0.3, 0.4) is 0 Å². The molecule has 2 nitrogen and oxygen atoms in total. The van der Waals surface area contributed by atoms with Gasteiger partial charge in [-0.25, -0.2) is 4.99 Å². The number of rotatable bonds is 0. The van der Waals surface area contributed by atoms with Crippen LogP contribution in [0.25, 0.3) is 0 Å². The molecule has 0 fully saturated rings. The molecule has 2 heteroatoms. The number of aliphatic imine (C=N–C) groups is 1. The van der Waals surface area contributed by atoms with Crippen molar-refractivity contribution in [1.82, 2.24) is 4.57 Å². The highest BCUT2D eigenvalue weighted by atomic mass is 15.1. The van der Waals surface area contributed by atoms with Crippen LogP contribution in [0.15, 0.2) is 41.4 Å². The topological polar surface area (TPSA) is 17.3 Å². The zero-order valence-corrected chi connectivity index (χ0v) is 9.57. The molecule has 0 bridgehead atoms. The quantitative estimate of drug-likeness (QED) is 0.635. The van der Waals surface area contributed by atoms with Gasteiger partial charge < -0.3 is 4.57 Å². The molecule has 0 N–H and O–H groups in total. The van der Waals surface area contributed by atoms with Gasteiger partial charge in [0.05, 0.1) is 5.69 Å². The van der Waals surface area contributed by atoms with Crippen molar-refractivity contribution in [2.75, 3.05) is 0 Å². The van der Waals surface area contributed by atoms with Crippen LogP contribution in [0.1, 0.15) is 17.0 Å². The summed E-state index contributed by atoms with van der Waals surface area (Å²) in [5, 5.41) is 0. The van der Waals surface area contributed by atoms with Crippen LogP contribution in [-0.2, 0) is 6.42 Å². The maximum absolute atomic E-state index is 4.70. The third-order valence-electron chi connectivity index (χ3n) is 3.12. The van der Waals surface area contributed by atoms with Crippen molar-refractivity contribution in [1.29, 1.82) is 0 Å². The lowest BCUT2D eigenvalue weighted by atomic mass is 10.1. The summed E-state index contributed by atoms with van der Waals surface area (Å²) in [5.74, 6) is 1.14. The lowest BCUT2D eigenvalue weighted by Crippen LogP contribution is -2.14. The van der Waals surface area contributed by atoms with Gasteiger partial charge in [0.2, 0.25) is 0 Å². The van der Waals surface area contributed by atoms with E-state index in [0.717, 1.165) is 17.9 Å².